The standard InChI is InChI=1S/C18H23N9O/c1-12-8-26(17-21-7-5-15(24-17)27-11-19-10-22-27)9-18(3,25-12)14-4-6-20-16(23-14)13(2)28/h4-7,10-13,25,28H,8-9H2,1-3H3/t12-,13+,18+/m0/s1. The van der Waals surface area contributed by atoms with Gasteiger partial charge in [-0.15, -0.1) is 0 Å². The molecule has 3 atom stereocenters. The second-order valence-electron chi connectivity index (χ2n) is 7.29. The summed E-state index contributed by atoms with van der Waals surface area (Å²) in [5.41, 5.74) is 0.374. The maximum Gasteiger partial charge on any atom is 0.227 e. The van der Waals surface area contributed by atoms with E-state index in [9.17, 15) is 5.11 Å². The molecule has 2 N–H and O–H groups in total. The molecule has 4 heterocycles. The first-order valence-corrected chi connectivity index (χ1v) is 9.17. The van der Waals surface area contributed by atoms with Crippen LogP contribution in [0.25, 0.3) is 5.82 Å². The lowest BCUT2D eigenvalue weighted by molar-refractivity contribution is 0.186. The smallest absolute Gasteiger partial charge is 0.227 e. The van der Waals surface area contributed by atoms with Crippen molar-refractivity contribution in [3.05, 3.63) is 48.7 Å². The number of hydrogen-bond donors (Lipinski definition) is 2. The van der Waals surface area contributed by atoms with Gasteiger partial charge in [-0.3, -0.25) is 0 Å². The number of aromatic nitrogens is 7. The van der Waals surface area contributed by atoms with Gasteiger partial charge in [0, 0.05) is 37.6 Å². The van der Waals surface area contributed by atoms with Crippen LogP contribution in [0.15, 0.2) is 37.2 Å². The third-order valence-corrected chi connectivity index (χ3v) is 4.74. The van der Waals surface area contributed by atoms with Crippen LogP contribution in [0.4, 0.5) is 5.95 Å². The Morgan fingerprint density at radius 3 is 2.82 bits per heavy atom. The molecule has 4 rings (SSSR count). The Balaban J connectivity index is 1.65. The van der Waals surface area contributed by atoms with E-state index in [0.29, 0.717) is 24.1 Å². The fourth-order valence-electron chi connectivity index (χ4n) is 3.55. The molecule has 0 radical (unpaired) electrons. The van der Waals surface area contributed by atoms with Crippen molar-refractivity contribution in [2.24, 2.45) is 0 Å². The SMILES string of the molecule is C[C@H]1CN(c2nccc(-n3cncn3)n2)C[C@](C)(c2ccnc([C@@H](C)O)n2)N1. The molecule has 1 aliphatic rings. The van der Waals surface area contributed by atoms with Crippen LogP contribution in [0.3, 0.4) is 0 Å². The van der Waals surface area contributed by atoms with Crippen LogP contribution in [0.5, 0.6) is 0 Å². The van der Waals surface area contributed by atoms with E-state index in [1.807, 2.05) is 6.07 Å². The number of rotatable bonds is 4. The molecule has 0 amide bonds. The van der Waals surface area contributed by atoms with Crippen molar-refractivity contribution >= 4 is 5.95 Å². The second-order valence-corrected chi connectivity index (χ2v) is 7.29. The van der Waals surface area contributed by atoms with Crippen molar-refractivity contribution in [2.45, 2.75) is 38.5 Å². The minimum absolute atomic E-state index is 0.183. The summed E-state index contributed by atoms with van der Waals surface area (Å²) in [6, 6.07) is 3.85. The number of aliphatic hydroxyl groups excluding tert-OH is 1. The molecule has 0 aromatic carbocycles. The fraction of sp³-hybridized carbons (Fsp3) is 0.444. The first-order chi connectivity index (χ1) is 13.4. The predicted octanol–water partition coefficient (Wildman–Crippen LogP) is 0.614. The van der Waals surface area contributed by atoms with E-state index in [1.54, 1.807) is 36.4 Å². The molecular weight excluding hydrogens is 358 g/mol. The van der Waals surface area contributed by atoms with Gasteiger partial charge in [-0.2, -0.15) is 10.1 Å². The number of piperazine rings is 1. The molecule has 3 aromatic heterocycles. The number of hydrogen-bond acceptors (Lipinski definition) is 9. The number of anilines is 1. The first kappa shape index (κ1) is 18.4. The van der Waals surface area contributed by atoms with Gasteiger partial charge in [-0.05, 0) is 26.8 Å². The molecular formula is C18H23N9O. The summed E-state index contributed by atoms with van der Waals surface area (Å²) in [7, 11) is 0. The highest BCUT2D eigenvalue weighted by Crippen LogP contribution is 2.27. The van der Waals surface area contributed by atoms with Gasteiger partial charge in [0.1, 0.15) is 18.8 Å². The molecule has 146 valence electrons. The van der Waals surface area contributed by atoms with Crippen molar-refractivity contribution < 1.29 is 5.11 Å². The molecule has 0 bridgehead atoms. The second kappa shape index (κ2) is 7.21. The normalized spacial score (nSPS) is 23.6. The molecule has 0 unspecified atom stereocenters. The molecule has 1 fully saturated rings. The Kier molecular flexibility index (Phi) is 4.73. The van der Waals surface area contributed by atoms with Gasteiger partial charge >= 0.3 is 0 Å². The average molecular weight is 381 g/mol. The van der Waals surface area contributed by atoms with Crippen molar-refractivity contribution in [2.75, 3.05) is 18.0 Å². The summed E-state index contributed by atoms with van der Waals surface area (Å²) in [5.74, 6) is 1.70. The Labute approximate surface area is 162 Å². The zero-order valence-electron chi connectivity index (χ0n) is 16.1. The van der Waals surface area contributed by atoms with Crippen LogP contribution in [0.2, 0.25) is 0 Å². The molecule has 0 saturated carbocycles. The van der Waals surface area contributed by atoms with E-state index in [0.717, 1.165) is 12.2 Å². The number of nitrogens with zero attached hydrogens (tertiary/aromatic N) is 8. The Morgan fingerprint density at radius 2 is 2.07 bits per heavy atom. The van der Waals surface area contributed by atoms with Gasteiger partial charge in [0.2, 0.25) is 5.95 Å². The number of nitrogens with one attached hydrogen (secondary N) is 1. The largest absolute Gasteiger partial charge is 0.385 e. The van der Waals surface area contributed by atoms with E-state index in [2.05, 4.69) is 54.1 Å². The molecule has 28 heavy (non-hydrogen) atoms. The van der Waals surface area contributed by atoms with E-state index in [-0.39, 0.29) is 6.04 Å². The Hall–Kier alpha value is -2.98. The van der Waals surface area contributed by atoms with E-state index >= 15 is 0 Å². The average Bonchev–Trinajstić information content (AvgIpc) is 3.22. The highest BCUT2D eigenvalue weighted by atomic mass is 16.3. The van der Waals surface area contributed by atoms with Crippen LogP contribution in [0.1, 0.15) is 38.4 Å². The number of aliphatic hydroxyl groups is 1. The van der Waals surface area contributed by atoms with Gasteiger partial charge in [-0.1, -0.05) is 0 Å². The monoisotopic (exact) mass is 381 g/mol. The van der Waals surface area contributed by atoms with Gasteiger partial charge in [-0.25, -0.2) is 24.6 Å². The van der Waals surface area contributed by atoms with Gasteiger partial charge in [0.05, 0.1) is 11.2 Å². The fourth-order valence-corrected chi connectivity index (χ4v) is 3.55. The molecule has 1 aliphatic heterocycles. The quantitative estimate of drug-likeness (QED) is 0.670. The van der Waals surface area contributed by atoms with Gasteiger partial charge in [0.15, 0.2) is 11.6 Å². The minimum atomic E-state index is -0.719. The topological polar surface area (TPSA) is 118 Å². The summed E-state index contributed by atoms with van der Waals surface area (Å²) < 4.78 is 1.61. The third kappa shape index (κ3) is 3.56. The highest BCUT2D eigenvalue weighted by Gasteiger charge is 2.38. The zero-order valence-corrected chi connectivity index (χ0v) is 16.1. The molecule has 0 aliphatic carbocycles. The lowest BCUT2D eigenvalue weighted by atomic mass is 9.92. The van der Waals surface area contributed by atoms with E-state index in [4.69, 9.17) is 0 Å². The van der Waals surface area contributed by atoms with E-state index < -0.39 is 11.6 Å². The van der Waals surface area contributed by atoms with Gasteiger partial charge < -0.3 is 15.3 Å². The maximum absolute atomic E-state index is 9.84. The molecule has 10 nitrogen and oxygen atoms in total. The highest BCUT2D eigenvalue weighted by molar-refractivity contribution is 5.38. The van der Waals surface area contributed by atoms with Crippen molar-refractivity contribution in [3.63, 3.8) is 0 Å². The van der Waals surface area contributed by atoms with Crippen LogP contribution in [-0.2, 0) is 5.54 Å². The lowest BCUT2D eigenvalue weighted by Gasteiger charge is -2.44. The van der Waals surface area contributed by atoms with Gasteiger partial charge in [0.25, 0.3) is 0 Å². The molecule has 10 heteroatoms. The molecule has 3 aromatic rings. The minimum Gasteiger partial charge on any atom is -0.385 e. The van der Waals surface area contributed by atoms with Crippen molar-refractivity contribution in [3.8, 4) is 5.82 Å². The van der Waals surface area contributed by atoms with Crippen molar-refractivity contribution in [1.82, 2.24) is 40.0 Å². The summed E-state index contributed by atoms with van der Waals surface area (Å²) in [6.07, 6.45) is 5.77. The lowest BCUT2D eigenvalue weighted by Crippen LogP contribution is -2.61. The van der Waals surface area contributed by atoms with Crippen LogP contribution in [-0.4, -0.2) is 58.9 Å². The Morgan fingerprint density at radius 1 is 1.25 bits per heavy atom. The summed E-state index contributed by atoms with van der Waals surface area (Å²) in [5, 5.41) is 17.6. The van der Waals surface area contributed by atoms with Crippen LogP contribution >= 0.6 is 0 Å². The van der Waals surface area contributed by atoms with E-state index in [1.165, 1.54) is 6.33 Å². The van der Waals surface area contributed by atoms with Crippen LogP contribution < -0.4 is 10.2 Å². The predicted molar refractivity (Wildman–Crippen MR) is 102 cm³/mol. The first-order valence-electron chi connectivity index (χ1n) is 9.17. The molecule has 0 spiro atoms. The van der Waals surface area contributed by atoms with Crippen LogP contribution in [0, 0.1) is 0 Å². The summed E-state index contributed by atoms with van der Waals surface area (Å²) in [6.45, 7) is 7.24. The third-order valence-electron chi connectivity index (χ3n) is 4.74. The summed E-state index contributed by atoms with van der Waals surface area (Å²) in [4.78, 5) is 24.0. The molecule has 1 saturated heterocycles. The van der Waals surface area contributed by atoms with Crippen molar-refractivity contribution in [1.29, 1.82) is 0 Å². The Bertz CT molecular complexity index is 946. The maximum atomic E-state index is 9.84. The zero-order chi connectivity index (χ0) is 19.7. The summed E-state index contributed by atoms with van der Waals surface area (Å²) >= 11 is 0.